The summed E-state index contributed by atoms with van der Waals surface area (Å²) < 4.78 is 16.7. The Morgan fingerprint density at radius 3 is 1.05 bits per heavy atom. The van der Waals surface area contributed by atoms with E-state index in [0.717, 1.165) is 116 Å². The van der Waals surface area contributed by atoms with Crippen molar-refractivity contribution >= 4 is 17.9 Å². The fourth-order valence-corrected chi connectivity index (χ4v) is 6.74. The normalized spacial score (nSPS) is 12.5. The molecule has 0 aliphatic rings. The van der Waals surface area contributed by atoms with Gasteiger partial charge in [-0.25, -0.2) is 0 Å². The molecule has 6 nitrogen and oxygen atoms in total. The molecule has 340 valence electrons. The Kier molecular flexibility index (Phi) is 45.4. The van der Waals surface area contributed by atoms with Crippen molar-refractivity contribution in [2.45, 2.75) is 245 Å². The number of ether oxygens (including phenoxy) is 3. The third kappa shape index (κ3) is 46.0. The Labute approximate surface area is 364 Å². The number of hydrogen-bond acceptors (Lipinski definition) is 6. The van der Waals surface area contributed by atoms with Crippen molar-refractivity contribution in [2.75, 3.05) is 13.2 Å². The summed E-state index contributed by atoms with van der Waals surface area (Å²) in [5.41, 5.74) is 0. The number of allylic oxidation sites excluding steroid dienone is 10. The maximum atomic E-state index is 12.8. The van der Waals surface area contributed by atoms with Crippen LogP contribution in [0, 0.1) is 0 Å². The van der Waals surface area contributed by atoms with Crippen molar-refractivity contribution in [1.29, 1.82) is 0 Å². The van der Waals surface area contributed by atoms with Crippen LogP contribution in [0.1, 0.15) is 239 Å². The first kappa shape index (κ1) is 56.1. The first-order valence-electron chi connectivity index (χ1n) is 24.8. The van der Waals surface area contributed by atoms with E-state index in [2.05, 4.69) is 81.5 Å². The molecule has 0 aliphatic carbocycles. The standard InChI is InChI=1S/C53H92O6/c1-4-7-10-13-16-19-22-25-26-29-31-34-37-40-43-46-52(55)58-49-50(59-53(56)47-44-41-38-35-32-28-24-21-18-15-12-9-6-3)48-57-51(54)45-42-39-36-33-30-27-23-20-17-14-11-8-5-2/h7,10,16,19-21,23-26,50H,4-6,8-9,11-15,17-18,22,27-49H2,1-3H3/b10-7-,19-16-,23-20-,24-21-,26-25-. The highest BCUT2D eigenvalue weighted by Gasteiger charge is 2.19. The Balaban J connectivity index is 4.43. The predicted molar refractivity (Wildman–Crippen MR) is 251 cm³/mol. The molecule has 0 N–H and O–H groups in total. The zero-order valence-electron chi connectivity index (χ0n) is 38.8. The molecule has 0 saturated heterocycles. The van der Waals surface area contributed by atoms with Gasteiger partial charge in [-0.2, -0.15) is 0 Å². The van der Waals surface area contributed by atoms with E-state index in [1.54, 1.807) is 0 Å². The number of carbonyl (C=O) groups excluding carboxylic acids is 3. The van der Waals surface area contributed by atoms with Crippen LogP contribution in [0.5, 0.6) is 0 Å². The van der Waals surface area contributed by atoms with E-state index < -0.39 is 6.10 Å². The van der Waals surface area contributed by atoms with Crippen LogP contribution in [0.4, 0.5) is 0 Å². The third-order valence-corrected chi connectivity index (χ3v) is 10.5. The lowest BCUT2D eigenvalue weighted by Gasteiger charge is -2.18. The molecule has 1 unspecified atom stereocenters. The first-order valence-corrected chi connectivity index (χ1v) is 24.8. The highest BCUT2D eigenvalue weighted by atomic mass is 16.6. The second kappa shape index (κ2) is 47.8. The average molecular weight is 825 g/mol. The van der Waals surface area contributed by atoms with Crippen molar-refractivity contribution in [3.63, 3.8) is 0 Å². The van der Waals surface area contributed by atoms with E-state index in [1.165, 1.54) is 83.5 Å². The zero-order valence-corrected chi connectivity index (χ0v) is 38.8. The molecule has 0 amide bonds. The number of carbonyl (C=O) groups is 3. The first-order chi connectivity index (χ1) is 29.0. The SMILES string of the molecule is CC/C=C\C/C=C\C/C=C\CCCCCCCC(=O)OCC(COC(=O)CCCCCCC/C=C\CCCCCC)OC(=O)CCCCCCC/C=C\CCCCCC. The van der Waals surface area contributed by atoms with Gasteiger partial charge in [0.25, 0.3) is 0 Å². The summed E-state index contributed by atoms with van der Waals surface area (Å²) in [5.74, 6) is -0.921. The van der Waals surface area contributed by atoms with Crippen LogP contribution in [0.25, 0.3) is 0 Å². The molecular weight excluding hydrogens is 733 g/mol. The zero-order chi connectivity index (χ0) is 43.0. The molecule has 0 fully saturated rings. The Morgan fingerprint density at radius 1 is 0.356 bits per heavy atom. The van der Waals surface area contributed by atoms with Crippen LogP contribution in [-0.2, 0) is 28.6 Å². The Morgan fingerprint density at radius 2 is 0.661 bits per heavy atom. The summed E-state index contributed by atoms with van der Waals surface area (Å²) in [6.45, 7) is 6.46. The molecule has 0 aromatic heterocycles. The molecule has 0 saturated carbocycles. The van der Waals surface area contributed by atoms with E-state index in [4.69, 9.17) is 14.2 Å². The van der Waals surface area contributed by atoms with Crippen LogP contribution in [0.2, 0.25) is 0 Å². The fraction of sp³-hybridized carbons (Fsp3) is 0.755. The highest BCUT2D eigenvalue weighted by Crippen LogP contribution is 2.13. The number of rotatable bonds is 44. The molecule has 0 bridgehead atoms. The van der Waals surface area contributed by atoms with Crippen LogP contribution in [0.15, 0.2) is 60.8 Å². The smallest absolute Gasteiger partial charge is 0.306 e. The van der Waals surface area contributed by atoms with Crippen LogP contribution >= 0.6 is 0 Å². The van der Waals surface area contributed by atoms with Gasteiger partial charge in [-0.1, -0.05) is 178 Å². The van der Waals surface area contributed by atoms with Gasteiger partial charge in [-0.15, -0.1) is 0 Å². The second-order valence-electron chi connectivity index (χ2n) is 16.3. The maximum Gasteiger partial charge on any atom is 0.306 e. The second-order valence-corrected chi connectivity index (χ2v) is 16.3. The van der Waals surface area contributed by atoms with Crippen molar-refractivity contribution in [3.05, 3.63) is 60.8 Å². The van der Waals surface area contributed by atoms with Gasteiger partial charge >= 0.3 is 17.9 Å². The summed E-state index contributed by atoms with van der Waals surface area (Å²) in [5, 5.41) is 0. The maximum absolute atomic E-state index is 12.8. The van der Waals surface area contributed by atoms with Gasteiger partial charge in [0, 0.05) is 19.3 Å². The molecule has 0 radical (unpaired) electrons. The van der Waals surface area contributed by atoms with E-state index in [-0.39, 0.29) is 31.1 Å². The molecule has 0 spiro atoms. The molecule has 0 aliphatic heterocycles. The third-order valence-electron chi connectivity index (χ3n) is 10.5. The van der Waals surface area contributed by atoms with E-state index in [0.29, 0.717) is 19.3 Å². The monoisotopic (exact) mass is 825 g/mol. The largest absolute Gasteiger partial charge is 0.462 e. The van der Waals surface area contributed by atoms with Gasteiger partial charge in [-0.3, -0.25) is 14.4 Å². The Bertz CT molecular complexity index is 1090. The molecular formula is C53H92O6. The molecule has 59 heavy (non-hydrogen) atoms. The molecule has 0 aromatic carbocycles. The molecule has 1 atom stereocenters. The molecule has 0 aromatic rings. The lowest BCUT2D eigenvalue weighted by molar-refractivity contribution is -0.167. The number of unbranched alkanes of at least 4 members (excludes halogenated alkanes) is 23. The summed E-state index contributed by atoms with van der Waals surface area (Å²) in [7, 11) is 0. The van der Waals surface area contributed by atoms with Gasteiger partial charge in [0.15, 0.2) is 6.10 Å². The molecule has 0 rings (SSSR count). The minimum absolute atomic E-state index is 0.0875. The molecule has 6 heteroatoms. The predicted octanol–water partition coefficient (Wildman–Crippen LogP) is 16.1. The van der Waals surface area contributed by atoms with Crippen LogP contribution < -0.4 is 0 Å². The summed E-state index contributed by atoms with van der Waals surface area (Å²) >= 11 is 0. The lowest BCUT2D eigenvalue weighted by Crippen LogP contribution is -2.30. The van der Waals surface area contributed by atoms with Crippen molar-refractivity contribution < 1.29 is 28.6 Å². The van der Waals surface area contributed by atoms with E-state index >= 15 is 0 Å². The van der Waals surface area contributed by atoms with Gasteiger partial charge in [0.05, 0.1) is 0 Å². The minimum atomic E-state index is -0.787. The van der Waals surface area contributed by atoms with Gasteiger partial charge in [-0.05, 0) is 103 Å². The van der Waals surface area contributed by atoms with Crippen LogP contribution in [0.3, 0.4) is 0 Å². The Hall–Kier alpha value is -2.89. The topological polar surface area (TPSA) is 78.9 Å². The van der Waals surface area contributed by atoms with Gasteiger partial charge < -0.3 is 14.2 Å². The summed E-state index contributed by atoms with van der Waals surface area (Å²) in [6, 6.07) is 0. The quantitative estimate of drug-likeness (QED) is 0.0263. The van der Waals surface area contributed by atoms with Crippen molar-refractivity contribution in [2.24, 2.45) is 0 Å². The summed E-state index contributed by atoms with van der Waals surface area (Å²) in [6.07, 6.45) is 57.7. The fourth-order valence-electron chi connectivity index (χ4n) is 6.74. The molecule has 0 heterocycles. The highest BCUT2D eigenvalue weighted by molar-refractivity contribution is 5.71. The number of esters is 3. The number of hydrogen-bond donors (Lipinski definition) is 0. The van der Waals surface area contributed by atoms with Gasteiger partial charge in [0.2, 0.25) is 0 Å². The lowest BCUT2D eigenvalue weighted by atomic mass is 10.1. The summed E-state index contributed by atoms with van der Waals surface area (Å²) in [4.78, 5) is 37.9. The average Bonchev–Trinajstić information content (AvgIpc) is 3.23. The van der Waals surface area contributed by atoms with Crippen LogP contribution in [-0.4, -0.2) is 37.2 Å². The van der Waals surface area contributed by atoms with Crippen molar-refractivity contribution in [3.8, 4) is 0 Å². The van der Waals surface area contributed by atoms with E-state index in [1.807, 2.05) is 0 Å². The van der Waals surface area contributed by atoms with Gasteiger partial charge in [0.1, 0.15) is 13.2 Å². The minimum Gasteiger partial charge on any atom is -0.462 e. The van der Waals surface area contributed by atoms with Crippen molar-refractivity contribution in [1.82, 2.24) is 0 Å². The van der Waals surface area contributed by atoms with E-state index in [9.17, 15) is 14.4 Å².